The van der Waals surface area contributed by atoms with Crippen LogP contribution in [0, 0.1) is 11.7 Å². The first-order chi connectivity index (χ1) is 9.65. The van der Waals surface area contributed by atoms with Gasteiger partial charge < -0.3 is 15.4 Å². The molecule has 2 N–H and O–H groups in total. The van der Waals surface area contributed by atoms with E-state index < -0.39 is 11.8 Å². The summed E-state index contributed by atoms with van der Waals surface area (Å²) in [6.45, 7) is 1.98. The molecule has 110 valence electrons. The van der Waals surface area contributed by atoms with Crippen molar-refractivity contribution in [2.45, 2.75) is 19.3 Å². The predicted molar refractivity (Wildman–Crippen MR) is 79.3 cm³/mol. The van der Waals surface area contributed by atoms with Crippen molar-refractivity contribution in [2.75, 3.05) is 25.1 Å². The second-order valence-corrected chi connectivity index (χ2v) is 5.79. The molecular formula is C14H18BrFN2O2. The Kier molecular flexibility index (Phi) is 5.79. The van der Waals surface area contributed by atoms with E-state index in [1.54, 1.807) is 6.07 Å². The van der Waals surface area contributed by atoms with Crippen LogP contribution in [0.1, 0.15) is 19.3 Å². The predicted octanol–water partition coefficient (Wildman–Crippen LogP) is 3.53. The van der Waals surface area contributed by atoms with Crippen LogP contribution < -0.4 is 10.6 Å². The Labute approximate surface area is 126 Å². The van der Waals surface area contributed by atoms with Gasteiger partial charge in [0.05, 0.1) is 5.69 Å². The van der Waals surface area contributed by atoms with Crippen molar-refractivity contribution in [3.8, 4) is 0 Å². The van der Waals surface area contributed by atoms with Crippen LogP contribution >= 0.6 is 15.9 Å². The highest BCUT2D eigenvalue weighted by atomic mass is 79.9. The number of benzene rings is 1. The second-order valence-electron chi connectivity index (χ2n) is 4.88. The second kappa shape index (κ2) is 7.59. The zero-order chi connectivity index (χ0) is 14.4. The first kappa shape index (κ1) is 15.3. The Morgan fingerprint density at radius 3 is 2.95 bits per heavy atom. The van der Waals surface area contributed by atoms with Crippen LogP contribution in [0.15, 0.2) is 22.7 Å². The highest BCUT2D eigenvalue weighted by Crippen LogP contribution is 2.28. The SMILES string of the molecule is O=C(NCCCOCC1CC1)Nc1ccc(Br)cc1F. The summed E-state index contributed by atoms with van der Waals surface area (Å²) >= 11 is 3.16. The lowest BCUT2D eigenvalue weighted by atomic mass is 10.3. The maximum atomic E-state index is 13.5. The molecule has 1 fully saturated rings. The van der Waals surface area contributed by atoms with Crippen molar-refractivity contribution >= 4 is 27.6 Å². The van der Waals surface area contributed by atoms with Crippen LogP contribution in [0.2, 0.25) is 0 Å². The minimum absolute atomic E-state index is 0.163. The number of carbonyl (C=O) groups is 1. The maximum Gasteiger partial charge on any atom is 0.319 e. The molecule has 0 heterocycles. The van der Waals surface area contributed by atoms with E-state index in [-0.39, 0.29) is 5.69 Å². The van der Waals surface area contributed by atoms with Crippen LogP contribution in [0.5, 0.6) is 0 Å². The van der Waals surface area contributed by atoms with Crippen molar-refractivity contribution < 1.29 is 13.9 Å². The molecule has 0 saturated heterocycles. The molecule has 0 aromatic heterocycles. The molecule has 1 aromatic rings. The van der Waals surface area contributed by atoms with Crippen LogP contribution in [0.3, 0.4) is 0 Å². The molecule has 2 rings (SSSR count). The number of nitrogens with one attached hydrogen (secondary N) is 2. The van der Waals surface area contributed by atoms with E-state index in [1.807, 2.05) is 0 Å². The normalized spacial score (nSPS) is 14.1. The van der Waals surface area contributed by atoms with E-state index in [0.29, 0.717) is 17.6 Å². The van der Waals surface area contributed by atoms with Crippen molar-refractivity contribution in [1.82, 2.24) is 5.32 Å². The Hall–Kier alpha value is -1.14. The third kappa shape index (κ3) is 5.46. The van der Waals surface area contributed by atoms with Gasteiger partial charge in [0, 0.05) is 24.2 Å². The highest BCUT2D eigenvalue weighted by Gasteiger charge is 2.20. The number of rotatable bonds is 7. The van der Waals surface area contributed by atoms with Gasteiger partial charge in [-0.05, 0) is 43.4 Å². The molecule has 6 heteroatoms. The Balaban J connectivity index is 1.59. The zero-order valence-electron chi connectivity index (χ0n) is 11.1. The summed E-state index contributed by atoms with van der Waals surface area (Å²) in [6.07, 6.45) is 3.31. The summed E-state index contributed by atoms with van der Waals surface area (Å²) in [5.74, 6) is 0.286. The van der Waals surface area contributed by atoms with Gasteiger partial charge in [0.25, 0.3) is 0 Å². The van der Waals surface area contributed by atoms with Gasteiger partial charge in [-0.2, -0.15) is 0 Å². The maximum absolute atomic E-state index is 13.5. The molecule has 2 amide bonds. The minimum Gasteiger partial charge on any atom is -0.381 e. The van der Waals surface area contributed by atoms with E-state index in [4.69, 9.17) is 4.74 Å². The van der Waals surface area contributed by atoms with Gasteiger partial charge in [-0.25, -0.2) is 9.18 Å². The number of urea groups is 1. The van der Waals surface area contributed by atoms with E-state index >= 15 is 0 Å². The molecule has 0 bridgehead atoms. The van der Waals surface area contributed by atoms with E-state index in [0.717, 1.165) is 18.9 Å². The van der Waals surface area contributed by atoms with Crippen molar-refractivity contribution in [3.05, 3.63) is 28.5 Å². The molecule has 20 heavy (non-hydrogen) atoms. The van der Waals surface area contributed by atoms with Gasteiger partial charge in [-0.15, -0.1) is 0 Å². The van der Waals surface area contributed by atoms with Crippen LogP contribution in [0.25, 0.3) is 0 Å². The van der Waals surface area contributed by atoms with Crippen LogP contribution in [0.4, 0.5) is 14.9 Å². The molecule has 1 aliphatic rings. The summed E-state index contributed by atoms with van der Waals surface area (Å²) in [5, 5.41) is 5.14. The summed E-state index contributed by atoms with van der Waals surface area (Å²) in [5.41, 5.74) is 0.163. The van der Waals surface area contributed by atoms with E-state index in [9.17, 15) is 9.18 Å². The quantitative estimate of drug-likeness (QED) is 0.743. The fraction of sp³-hybridized carbons (Fsp3) is 0.500. The Morgan fingerprint density at radius 1 is 1.45 bits per heavy atom. The standard InChI is InChI=1S/C14H18BrFN2O2/c15-11-4-5-13(12(16)8-11)18-14(19)17-6-1-7-20-9-10-2-3-10/h4-5,8,10H,1-3,6-7,9H2,(H2,17,18,19). The summed E-state index contributed by atoms with van der Waals surface area (Å²) < 4.78 is 19.6. The zero-order valence-corrected chi connectivity index (χ0v) is 12.7. The molecule has 0 radical (unpaired) electrons. The van der Waals surface area contributed by atoms with Crippen LogP contribution in [-0.2, 0) is 4.74 Å². The molecule has 0 unspecified atom stereocenters. The summed E-state index contributed by atoms with van der Waals surface area (Å²) in [7, 11) is 0. The molecule has 1 aliphatic carbocycles. The minimum atomic E-state index is -0.470. The summed E-state index contributed by atoms with van der Waals surface area (Å²) in [6, 6.07) is 4.08. The third-order valence-corrected chi connectivity index (χ3v) is 3.47. The molecule has 4 nitrogen and oxygen atoms in total. The average molecular weight is 345 g/mol. The number of amides is 2. The Morgan fingerprint density at radius 2 is 2.25 bits per heavy atom. The number of hydrogen-bond acceptors (Lipinski definition) is 2. The topological polar surface area (TPSA) is 50.4 Å². The first-order valence-electron chi connectivity index (χ1n) is 6.73. The number of hydrogen-bond donors (Lipinski definition) is 2. The fourth-order valence-electron chi connectivity index (χ4n) is 1.67. The van der Waals surface area contributed by atoms with Gasteiger partial charge in [0.15, 0.2) is 0 Å². The number of carbonyl (C=O) groups excluding carboxylic acids is 1. The smallest absolute Gasteiger partial charge is 0.319 e. The lowest BCUT2D eigenvalue weighted by Crippen LogP contribution is -2.30. The van der Waals surface area contributed by atoms with E-state index in [1.165, 1.54) is 25.0 Å². The van der Waals surface area contributed by atoms with Gasteiger partial charge >= 0.3 is 6.03 Å². The number of halogens is 2. The number of ether oxygens (including phenoxy) is 1. The van der Waals surface area contributed by atoms with Crippen LogP contribution in [-0.4, -0.2) is 25.8 Å². The fourth-order valence-corrected chi connectivity index (χ4v) is 2.00. The molecule has 1 aromatic carbocycles. The lowest BCUT2D eigenvalue weighted by Gasteiger charge is -2.09. The molecule has 0 spiro atoms. The molecular weight excluding hydrogens is 327 g/mol. The van der Waals surface area contributed by atoms with Gasteiger partial charge in [0.2, 0.25) is 0 Å². The van der Waals surface area contributed by atoms with Gasteiger partial charge in [-0.1, -0.05) is 15.9 Å². The third-order valence-electron chi connectivity index (χ3n) is 2.98. The molecule has 0 atom stereocenters. The average Bonchev–Trinajstić information content (AvgIpc) is 3.21. The van der Waals surface area contributed by atoms with Crippen molar-refractivity contribution in [3.63, 3.8) is 0 Å². The van der Waals surface area contributed by atoms with Gasteiger partial charge in [-0.3, -0.25) is 0 Å². The Bertz CT molecular complexity index is 466. The van der Waals surface area contributed by atoms with E-state index in [2.05, 4.69) is 26.6 Å². The van der Waals surface area contributed by atoms with Crippen molar-refractivity contribution in [1.29, 1.82) is 0 Å². The molecule has 1 saturated carbocycles. The van der Waals surface area contributed by atoms with Crippen molar-refractivity contribution in [2.24, 2.45) is 5.92 Å². The summed E-state index contributed by atoms with van der Waals surface area (Å²) in [4.78, 5) is 11.6. The number of anilines is 1. The highest BCUT2D eigenvalue weighted by molar-refractivity contribution is 9.10. The monoisotopic (exact) mass is 344 g/mol. The largest absolute Gasteiger partial charge is 0.381 e. The van der Waals surface area contributed by atoms with Gasteiger partial charge in [0.1, 0.15) is 5.82 Å². The lowest BCUT2D eigenvalue weighted by molar-refractivity contribution is 0.122. The molecule has 0 aliphatic heterocycles. The first-order valence-corrected chi connectivity index (χ1v) is 7.52.